The Hall–Kier alpha value is -6.63. The first-order valence-electron chi connectivity index (χ1n) is 20.8. The van der Waals surface area contributed by atoms with Gasteiger partial charge in [-0.3, -0.25) is 39.0 Å². The summed E-state index contributed by atoms with van der Waals surface area (Å²) in [6, 6.07) is 15.0. The summed E-state index contributed by atoms with van der Waals surface area (Å²) in [5.41, 5.74) is 2.60. The lowest BCUT2D eigenvalue weighted by molar-refractivity contribution is -0.136. The number of ether oxygens (including phenoxy) is 1. The van der Waals surface area contributed by atoms with Crippen LogP contribution in [0.5, 0.6) is 5.75 Å². The lowest BCUT2D eigenvalue weighted by Crippen LogP contribution is -2.54. The molecule has 6 amide bonds. The van der Waals surface area contributed by atoms with Gasteiger partial charge in [0.05, 0.1) is 39.3 Å². The van der Waals surface area contributed by atoms with E-state index in [-0.39, 0.29) is 65.5 Å². The number of carbonyl (C=O) groups is 6. The van der Waals surface area contributed by atoms with Crippen LogP contribution in [0.1, 0.15) is 96.9 Å². The SMILES string of the molecule is COc1cc(F)ccc1-c1ncnc(Nc2cccc(CS(C)(=O)=NC(=O)CCCCCCCCCC(=O)NCCNc3cccc4c3C(=O)N(C3CCC(=O)NC3=O)C4=O)c2)n1. The summed E-state index contributed by atoms with van der Waals surface area (Å²) in [4.78, 5) is 89.0. The van der Waals surface area contributed by atoms with Crippen LogP contribution in [0.25, 0.3) is 11.4 Å². The van der Waals surface area contributed by atoms with Crippen LogP contribution < -0.4 is 26.0 Å². The Bertz CT molecular complexity index is 2510. The van der Waals surface area contributed by atoms with E-state index in [2.05, 4.69) is 40.6 Å². The monoisotopic (exact) mass is 883 g/mol. The number of benzene rings is 3. The molecule has 4 N–H and O–H groups in total. The van der Waals surface area contributed by atoms with Gasteiger partial charge in [-0.2, -0.15) is 9.35 Å². The fraction of sp³-hybridized carbons (Fsp3) is 0.386. The maximum absolute atomic E-state index is 13.7. The van der Waals surface area contributed by atoms with Gasteiger partial charge in [0, 0.05) is 56.0 Å². The number of methoxy groups -OCH3 is 1. The van der Waals surface area contributed by atoms with Gasteiger partial charge in [-0.15, -0.1) is 0 Å². The van der Waals surface area contributed by atoms with E-state index in [1.807, 2.05) is 0 Å². The van der Waals surface area contributed by atoms with Gasteiger partial charge in [0.15, 0.2) is 5.82 Å². The number of hydrogen-bond donors (Lipinski definition) is 4. The highest BCUT2D eigenvalue weighted by atomic mass is 32.2. The molecule has 4 aromatic rings. The molecule has 0 radical (unpaired) electrons. The molecule has 2 aliphatic rings. The zero-order valence-corrected chi connectivity index (χ0v) is 35.9. The molecule has 2 atom stereocenters. The lowest BCUT2D eigenvalue weighted by Gasteiger charge is -2.27. The lowest BCUT2D eigenvalue weighted by atomic mass is 10.0. The van der Waals surface area contributed by atoms with Crippen molar-refractivity contribution >= 4 is 62.5 Å². The first-order chi connectivity index (χ1) is 30.3. The van der Waals surface area contributed by atoms with Crippen molar-refractivity contribution < 1.29 is 42.1 Å². The predicted molar refractivity (Wildman–Crippen MR) is 233 cm³/mol. The zero-order chi connectivity index (χ0) is 44.9. The van der Waals surface area contributed by atoms with Crippen molar-refractivity contribution in [1.29, 1.82) is 0 Å². The van der Waals surface area contributed by atoms with Crippen LogP contribution in [0.4, 0.5) is 21.7 Å². The third kappa shape index (κ3) is 12.5. The molecule has 0 aliphatic carbocycles. The average Bonchev–Trinajstić information content (AvgIpc) is 3.50. The number of hydrogen-bond acceptors (Lipinski definition) is 13. The molecular formula is C44H50FN9O8S. The topological polar surface area (TPSA) is 231 Å². The Morgan fingerprint density at radius 3 is 2.41 bits per heavy atom. The molecule has 0 saturated carbocycles. The van der Waals surface area contributed by atoms with Crippen molar-refractivity contribution in [2.24, 2.45) is 4.36 Å². The van der Waals surface area contributed by atoms with Gasteiger partial charge in [0.2, 0.25) is 23.7 Å². The van der Waals surface area contributed by atoms with Gasteiger partial charge in [-0.05, 0) is 61.2 Å². The zero-order valence-electron chi connectivity index (χ0n) is 35.1. The molecule has 63 heavy (non-hydrogen) atoms. The van der Waals surface area contributed by atoms with E-state index in [9.17, 15) is 37.4 Å². The van der Waals surface area contributed by atoms with Gasteiger partial charge in [-0.25, -0.2) is 18.6 Å². The van der Waals surface area contributed by atoms with Gasteiger partial charge >= 0.3 is 0 Å². The molecule has 0 bridgehead atoms. The Morgan fingerprint density at radius 1 is 0.905 bits per heavy atom. The predicted octanol–water partition coefficient (Wildman–Crippen LogP) is 5.69. The number of anilines is 3. The number of nitrogens with zero attached hydrogens (tertiary/aromatic N) is 5. The minimum absolute atomic E-state index is 0.0378. The summed E-state index contributed by atoms with van der Waals surface area (Å²) in [7, 11) is -1.41. The maximum atomic E-state index is 13.7. The molecule has 1 fully saturated rings. The Morgan fingerprint density at radius 2 is 1.65 bits per heavy atom. The number of aromatic nitrogens is 3. The van der Waals surface area contributed by atoms with Crippen LogP contribution in [0.2, 0.25) is 0 Å². The number of amides is 6. The fourth-order valence-electron chi connectivity index (χ4n) is 7.40. The van der Waals surface area contributed by atoms with E-state index in [4.69, 9.17) is 4.74 Å². The quantitative estimate of drug-likeness (QED) is 0.0583. The Balaban J connectivity index is 0.830. The molecule has 3 aromatic carbocycles. The highest BCUT2D eigenvalue weighted by Crippen LogP contribution is 2.33. The molecular weight excluding hydrogens is 834 g/mol. The minimum Gasteiger partial charge on any atom is -0.496 e. The molecule has 1 saturated heterocycles. The second-order valence-electron chi connectivity index (χ2n) is 15.3. The summed E-state index contributed by atoms with van der Waals surface area (Å²) in [5.74, 6) is -2.34. The molecule has 1 aromatic heterocycles. The largest absolute Gasteiger partial charge is 0.496 e. The summed E-state index contributed by atoms with van der Waals surface area (Å²) in [6.45, 7) is 0.607. The standard InChI is InChI=1S/C44H50FN9O8S/c1-62-35-25-29(45)18-19-31(35)40-48-27-49-44(52-40)50-30-13-10-12-28(24-30)26-63(2,61)53-38(57)17-9-7-5-3-4-6-8-16-36(55)47-23-22-46-33-15-11-14-32-39(33)43(60)54(42(32)59)34-20-21-37(56)51-41(34)58/h10-15,18-19,24-25,27,34,46H,3-9,16-17,20-23,26H2,1-2H3,(H,47,55)(H,51,56,58)(H,48,49,50,52). The number of imide groups is 2. The first kappa shape index (κ1) is 45.9. The molecule has 6 rings (SSSR count). The smallest absolute Gasteiger partial charge is 0.264 e. The van der Waals surface area contributed by atoms with Crippen LogP contribution in [0.15, 0.2) is 71.4 Å². The highest BCUT2D eigenvalue weighted by Gasteiger charge is 2.45. The number of fused-ring (bicyclic) bond motifs is 1. The Kier molecular flexibility index (Phi) is 15.6. The number of piperidine rings is 1. The van der Waals surface area contributed by atoms with Gasteiger partial charge < -0.3 is 20.7 Å². The summed E-state index contributed by atoms with van der Waals surface area (Å²) in [6.07, 6.45) is 9.41. The van der Waals surface area contributed by atoms with Crippen molar-refractivity contribution in [2.45, 2.75) is 82.4 Å². The van der Waals surface area contributed by atoms with E-state index in [0.29, 0.717) is 48.4 Å². The minimum atomic E-state index is -2.85. The third-order valence-corrected chi connectivity index (χ3v) is 11.9. The van der Waals surface area contributed by atoms with Crippen molar-refractivity contribution in [2.75, 3.05) is 37.1 Å². The van der Waals surface area contributed by atoms with Crippen molar-refractivity contribution in [1.82, 2.24) is 30.5 Å². The number of halogens is 1. The van der Waals surface area contributed by atoms with E-state index in [1.54, 1.807) is 36.4 Å². The van der Waals surface area contributed by atoms with Crippen LogP contribution in [0, 0.1) is 5.82 Å². The molecule has 2 unspecified atom stereocenters. The molecule has 0 spiro atoms. The van der Waals surface area contributed by atoms with Crippen LogP contribution in [-0.2, 0) is 34.7 Å². The summed E-state index contributed by atoms with van der Waals surface area (Å²) < 4.78 is 36.3. The number of rotatable bonds is 21. The second kappa shape index (κ2) is 21.4. The van der Waals surface area contributed by atoms with Crippen molar-refractivity contribution in [3.63, 3.8) is 0 Å². The van der Waals surface area contributed by atoms with E-state index >= 15 is 0 Å². The van der Waals surface area contributed by atoms with Crippen molar-refractivity contribution in [3.8, 4) is 17.1 Å². The second-order valence-corrected chi connectivity index (χ2v) is 17.7. The Labute approximate surface area is 364 Å². The third-order valence-electron chi connectivity index (χ3n) is 10.4. The fourth-order valence-corrected chi connectivity index (χ4v) is 8.79. The number of nitrogens with one attached hydrogen (secondary N) is 4. The first-order valence-corrected chi connectivity index (χ1v) is 22.9. The van der Waals surface area contributed by atoms with Crippen LogP contribution >= 0.6 is 0 Å². The molecule has 19 heteroatoms. The maximum Gasteiger partial charge on any atom is 0.264 e. The van der Waals surface area contributed by atoms with Crippen molar-refractivity contribution in [3.05, 3.63) is 89.5 Å². The molecule has 17 nitrogen and oxygen atoms in total. The normalized spacial score (nSPS) is 15.6. The van der Waals surface area contributed by atoms with Crippen LogP contribution in [-0.4, -0.2) is 92.0 Å². The molecule has 3 heterocycles. The molecule has 332 valence electrons. The van der Waals surface area contributed by atoms with E-state index < -0.39 is 45.2 Å². The number of unbranched alkanes of at least 4 members (excludes halogenated alkanes) is 6. The summed E-state index contributed by atoms with van der Waals surface area (Å²) in [5, 5.41) is 11.3. The van der Waals surface area contributed by atoms with Gasteiger partial charge in [0.25, 0.3) is 17.7 Å². The van der Waals surface area contributed by atoms with Crippen LogP contribution in [0.3, 0.4) is 0 Å². The van der Waals surface area contributed by atoms with Gasteiger partial charge in [-0.1, -0.05) is 50.3 Å². The highest BCUT2D eigenvalue weighted by molar-refractivity contribution is 7.92. The summed E-state index contributed by atoms with van der Waals surface area (Å²) >= 11 is 0. The van der Waals surface area contributed by atoms with Gasteiger partial charge in [0.1, 0.15) is 23.9 Å². The van der Waals surface area contributed by atoms with E-state index in [0.717, 1.165) is 43.4 Å². The average molecular weight is 884 g/mol. The number of carbonyl (C=O) groups excluding carboxylic acids is 6. The molecule has 2 aliphatic heterocycles. The van der Waals surface area contributed by atoms with E-state index in [1.165, 1.54) is 44.0 Å².